The summed E-state index contributed by atoms with van der Waals surface area (Å²) in [6.07, 6.45) is 1.13. The molecule has 0 spiro atoms. The zero-order chi connectivity index (χ0) is 22.7. The van der Waals surface area contributed by atoms with Crippen LogP contribution in [0.2, 0.25) is 0 Å². The maximum absolute atomic E-state index is 12.6. The molecule has 1 aliphatic heterocycles. The van der Waals surface area contributed by atoms with Crippen molar-refractivity contribution in [1.29, 1.82) is 0 Å². The fourth-order valence-electron chi connectivity index (χ4n) is 4.13. The lowest BCUT2D eigenvalue weighted by Crippen LogP contribution is -2.46. The van der Waals surface area contributed by atoms with Crippen molar-refractivity contribution in [2.24, 2.45) is 0 Å². The van der Waals surface area contributed by atoms with E-state index >= 15 is 0 Å². The number of nitrogens with zero attached hydrogens (tertiary/aromatic N) is 3. The number of carboxylic acid groups (broad SMARTS) is 1. The molecule has 0 unspecified atom stereocenters. The van der Waals surface area contributed by atoms with Crippen molar-refractivity contribution in [2.45, 2.75) is 20.3 Å². The third-order valence-electron chi connectivity index (χ3n) is 5.80. The van der Waals surface area contributed by atoms with Gasteiger partial charge in [0.05, 0.1) is 11.1 Å². The molecule has 7 nitrogen and oxygen atoms in total. The quantitative estimate of drug-likeness (QED) is 0.441. The van der Waals surface area contributed by atoms with E-state index in [1.54, 1.807) is 30.3 Å². The van der Waals surface area contributed by atoms with Crippen molar-refractivity contribution in [3.63, 3.8) is 0 Å². The molecular formula is C25H31Cl3N4O3. The van der Waals surface area contributed by atoms with E-state index in [4.69, 9.17) is 4.98 Å². The summed E-state index contributed by atoms with van der Waals surface area (Å²) in [5.41, 5.74) is 2.88. The Labute approximate surface area is 224 Å². The Morgan fingerprint density at radius 2 is 1.71 bits per heavy atom. The molecule has 35 heavy (non-hydrogen) atoms. The molecule has 10 heteroatoms. The van der Waals surface area contributed by atoms with Crippen LogP contribution in [0, 0.1) is 6.92 Å². The average Bonchev–Trinajstić information content (AvgIpc) is 2.79. The van der Waals surface area contributed by atoms with Gasteiger partial charge in [-0.05, 0) is 56.3 Å². The number of halogens is 3. The molecule has 0 saturated carbocycles. The first-order chi connectivity index (χ1) is 15.4. The molecule has 0 atom stereocenters. The Kier molecular flexibility index (Phi) is 11.7. The monoisotopic (exact) mass is 540 g/mol. The van der Waals surface area contributed by atoms with Gasteiger partial charge in [0.2, 0.25) is 0 Å². The lowest BCUT2D eigenvalue weighted by atomic mass is 10.1. The standard InChI is InChI=1S/C25H28N4O3.3ClH/c1-3-9-28-10-12-29(13-11-28)23-16-21(25(31)32)20-15-19(7-8-22(20)27-23)26-24(30)18-6-4-5-17(2)14-18;;;/h4-8,14-16H,3,9-13H2,1-2H3,(H,26,30)(H,31,32);3*1H. The molecule has 190 valence electrons. The second kappa shape index (κ2) is 13.5. The molecule has 0 radical (unpaired) electrons. The molecule has 0 bridgehead atoms. The van der Waals surface area contributed by atoms with Crippen molar-refractivity contribution < 1.29 is 14.7 Å². The van der Waals surface area contributed by atoms with Gasteiger partial charge in [-0.25, -0.2) is 9.78 Å². The van der Waals surface area contributed by atoms with Gasteiger partial charge in [-0.15, -0.1) is 37.2 Å². The lowest BCUT2D eigenvalue weighted by molar-refractivity contribution is 0.0698. The summed E-state index contributed by atoms with van der Waals surface area (Å²) in [6, 6.07) is 14.2. The number of aromatic carboxylic acids is 1. The number of aryl methyl sites for hydroxylation is 1. The van der Waals surface area contributed by atoms with Gasteiger partial charge in [0, 0.05) is 42.8 Å². The van der Waals surface area contributed by atoms with Crippen LogP contribution in [0.5, 0.6) is 0 Å². The first kappa shape index (κ1) is 30.5. The summed E-state index contributed by atoms with van der Waals surface area (Å²) in [6.45, 7) is 8.72. The highest BCUT2D eigenvalue weighted by molar-refractivity contribution is 6.08. The fraction of sp³-hybridized carbons (Fsp3) is 0.320. The molecular weight excluding hydrogens is 511 g/mol. The van der Waals surface area contributed by atoms with Gasteiger partial charge in [-0.2, -0.15) is 0 Å². The average molecular weight is 542 g/mol. The van der Waals surface area contributed by atoms with Crippen LogP contribution in [0.15, 0.2) is 48.5 Å². The number of piperazine rings is 1. The number of hydrogen-bond donors (Lipinski definition) is 2. The third kappa shape index (κ3) is 7.21. The lowest BCUT2D eigenvalue weighted by Gasteiger charge is -2.35. The molecule has 3 aromatic rings. The van der Waals surface area contributed by atoms with Gasteiger partial charge in [0.15, 0.2) is 0 Å². The second-order valence-electron chi connectivity index (χ2n) is 8.22. The van der Waals surface area contributed by atoms with Crippen LogP contribution in [0.3, 0.4) is 0 Å². The van der Waals surface area contributed by atoms with Crippen LogP contribution in [0.25, 0.3) is 10.9 Å². The van der Waals surface area contributed by atoms with Gasteiger partial charge in [0.1, 0.15) is 5.82 Å². The summed E-state index contributed by atoms with van der Waals surface area (Å²) in [5, 5.41) is 13.2. The molecule has 1 fully saturated rings. The zero-order valence-corrected chi connectivity index (χ0v) is 22.1. The number of pyridine rings is 1. The zero-order valence-electron chi connectivity index (χ0n) is 19.7. The smallest absolute Gasteiger partial charge is 0.336 e. The number of hydrogen-bond acceptors (Lipinski definition) is 5. The molecule has 2 N–H and O–H groups in total. The predicted molar refractivity (Wildman–Crippen MR) is 149 cm³/mol. The van der Waals surface area contributed by atoms with E-state index in [-0.39, 0.29) is 48.7 Å². The minimum atomic E-state index is -1.01. The Balaban J connectivity index is 0.00000204. The highest BCUT2D eigenvalue weighted by Gasteiger charge is 2.20. The maximum atomic E-state index is 12.6. The van der Waals surface area contributed by atoms with Crippen molar-refractivity contribution in [2.75, 3.05) is 42.9 Å². The van der Waals surface area contributed by atoms with Crippen LogP contribution in [0.1, 0.15) is 39.6 Å². The molecule has 1 amide bonds. The summed E-state index contributed by atoms with van der Waals surface area (Å²) in [5.74, 6) is -0.563. The molecule has 2 heterocycles. The summed E-state index contributed by atoms with van der Waals surface area (Å²) in [4.78, 5) is 33.9. The highest BCUT2D eigenvalue weighted by atomic mass is 35.5. The number of fused-ring (bicyclic) bond motifs is 1. The van der Waals surface area contributed by atoms with Gasteiger partial charge < -0.3 is 15.3 Å². The Morgan fingerprint density at radius 1 is 1.00 bits per heavy atom. The molecule has 4 rings (SSSR count). The number of carbonyl (C=O) groups excluding carboxylic acids is 1. The van der Waals surface area contributed by atoms with E-state index in [1.807, 2.05) is 25.1 Å². The number of nitrogens with one attached hydrogen (secondary N) is 1. The topological polar surface area (TPSA) is 85.8 Å². The van der Waals surface area contributed by atoms with Gasteiger partial charge in [-0.3, -0.25) is 9.69 Å². The second-order valence-corrected chi connectivity index (χ2v) is 8.22. The largest absolute Gasteiger partial charge is 0.478 e. The van der Waals surface area contributed by atoms with E-state index in [2.05, 4.69) is 22.0 Å². The highest BCUT2D eigenvalue weighted by Crippen LogP contribution is 2.27. The third-order valence-corrected chi connectivity index (χ3v) is 5.80. The van der Waals surface area contributed by atoms with Crippen molar-refractivity contribution in [3.8, 4) is 0 Å². The minimum Gasteiger partial charge on any atom is -0.478 e. The molecule has 0 aliphatic carbocycles. The van der Waals surface area contributed by atoms with Crippen LogP contribution in [-0.4, -0.2) is 59.6 Å². The summed E-state index contributed by atoms with van der Waals surface area (Å²) >= 11 is 0. The minimum absolute atomic E-state index is 0. The van der Waals surface area contributed by atoms with E-state index < -0.39 is 5.97 Å². The predicted octanol–water partition coefficient (Wildman–Crippen LogP) is 5.29. The fourth-order valence-corrected chi connectivity index (χ4v) is 4.13. The van der Waals surface area contributed by atoms with Crippen LogP contribution >= 0.6 is 37.2 Å². The van der Waals surface area contributed by atoms with E-state index in [0.717, 1.165) is 44.7 Å². The van der Waals surface area contributed by atoms with Crippen molar-refractivity contribution >= 4 is 71.5 Å². The van der Waals surface area contributed by atoms with Crippen molar-refractivity contribution in [3.05, 3.63) is 65.2 Å². The first-order valence-electron chi connectivity index (χ1n) is 11.0. The van der Waals surface area contributed by atoms with Crippen LogP contribution in [-0.2, 0) is 0 Å². The van der Waals surface area contributed by atoms with Gasteiger partial charge >= 0.3 is 5.97 Å². The van der Waals surface area contributed by atoms with E-state index in [1.165, 1.54) is 0 Å². The number of aromatic nitrogens is 1. The number of carbonyl (C=O) groups is 2. The summed E-state index contributed by atoms with van der Waals surface area (Å²) in [7, 11) is 0. The normalized spacial score (nSPS) is 13.3. The molecule has 1 aliphatic rings. The van der Waals surface area contributed by atoms with Gasteiger partial charge in [-0.1, -0.05) is 24.6 Å². The molecule has 1 saturated heterocycles. The molecule has 2 aromatic carbocycles. The van der Waals surface area contributed by atoms with Crippen LogP contribution < -0.4 is 10.2 Å². The van der Waals surface area contributed by atoms with E-state index in [9.17, 15) is 14.7 Å². The van der Waals surface area contributed by atoms with Gasteiger partial charge in [0.25, 0.3) is 5.91 Å². The first-order valence-corrected chi connectivity index (χ1v) is 11.0. The Bertz CT molecular complexity index is 1170. The van der Waals surface area contributed by atoms with Crippen LogP contribution in [0.4, 0.5) is 11.5 Å². The number of amides is 1. The van der Waals surface area contributed by atoms with E-state index in [0.29, 0.717) is 28.0 Å². The SMILES string of the molecule is CCCN1CCN(c2cc(C(=O)O)c3cc(NC(=O)c4cccc(C)c4)ccc3n2)CC1.Cl.Cl.Cl. The number of benzene rings is 2. The maximum Gasteiger partial charge on any atom is 0.336 e. The number of anilines is 2. The molecule has 1 aromatic heterocycles. The number of carboxylic acids is 1. The van der Waals surface area contributed by atoms with Crippen molar-refractivity contribution in [1.82, 2.24) is 9.88 Å². The summed E-state index contributed by atoms with van der Waals surface area (Å²) < 4.78 is 0. The number of rotatable bonds is 6. The Morgan fingerprint density at radius 3 is 2.34 bits per heavy atom. The Hall–Kier alpha value is -2.58.